The summed E-state index contributed by atoms with van der Waals surface area (Å²) in [6.07, 6.45) is 0. The summed E-state index contributed by atoms with van der Waals surface area (Å²) >= 11 is 0. The van der Waals surface area contributed by atoms with Gasteiger partial charge in [0, 0.05) is 10.4 Å². The summed E-state index contributed by atoms with van der Waals surface area (Å²) in [5.74, 6) is 0. The van der Waals surface area contributed by atoms with E-state index in [2.05, 4.69) is 0 Å². The van der Waals surface area contributed by atoms with Gasteiger partial charge in [0.05, 0.1) is 0 Å². The Morgan fingerprint density at radius 2 is 0.900 bits per heavy atom. The third kappa shape index (κ3) is 214. The first-order valence-electron chi connectivity index (χ1n) is 0.667. The Labute approximate surface area is 111 Å². The molecule has 0 rings (SSSR count). The van der Waals surface area contributed by atoms with Gasteiger partial charge in [-0.25, -0.2) is 0 Å². The number of hydrogen-bond donors (Lipinski definition) is 0. The van der Waals surface area contributed by atoms with E-state index in [0.717, 1.165) is 0 Å². The molecule has 0 bridgehead atoms. The average Bonchev–Trinajstić information content (AvgIpc) is 0.722. The molecule has 0 aromatic heterocycles. The first-order chi connectivity index (χ1) is 2.00. The standard InChI is InChI=1S/Cr.K.H2O4S.3H2O/c;;1-5(2,3)4;;;/h;;(H2,1,2,3,4);3*1H2/q+3;+1;;;;/p-2. The second kappa shape index (κ2) is 17.1. The van der Waals surface area contributed by atoms with Gasteiger partial charge >= 0.3 is 68.7 Å². The fourth-order valence-electron chi connectivity index (χ4n) is 0. The maximum Gasteiger partial charge on any atom is 3.00 e. The molecule has 0 unspecified atom stereocenters. The molecule has 0 aliphatic carbocycles. The minimum Gasteiger partial charge on any atom is -0.759 e. The van der Waals surface area contributed by atoms with Gasteiger partial charge in [-0.3, -0.25) is 8.42 Å². The molecule has 0 aliphatic rings. The van der Waals surface area contributed by atoms with Crippen molar-refractivity contribution in [1.29, 1.82) is 0 Å². The summed E-state index contributed by atoms with van der Waals surface area (Å²) in [5.41, 5.74) is 0. The van der Waals surface area contributed by atoms with E-state index in [-0.39, 0.29) is 85.2 Å². The van der Waals surface area contributed by atoms with Crippen LogP contribution in [0, 0.1) is 0 Å². The molecule has 59 valence electrons. The van der Waals surface area contributed by atoms with Gasteiger partial charge in [-0.2, -0.15) is 0 Å². The minimum absolute atomic E-state index is 0. The third-order valence-corrected chi connectivity index (χ3v) is 0. The molecule has 7 nitrogen and oxygen atoms in total. The van der Waals surface area contributed by atoms with Crippen LogP contribution in [0.2, 0.25) is 0 Å². The van der Waals surface area contributed by atoms with E-state index in [1.54, 1.807) is 0 Å². The van der Waals surface area contributed by atoms with Gasteiger partial charge in [0.1, 0.15) is 0 Å². The van der Waals surface area contributed by atoms with Crippen molar-refractivity contribution in [3.05, 3.63) is 0 Å². The Bertz CT molecular complexity index is 96.8. The smallest absolute Gasteiger partial charge is 0.759 e. The average molecular weight is 241 g/mol. The monoisotopic (exact) mass is 241 g/mol. The zero-order chi connectivity index (χ0) is 4.50. The van der Waals surface area contributed by atoms with Crippen molar-refractivity contribution in [3.8, 4) is 0 Å². The molecular formula is H6CrKO7S+2. The van der Waals surface area contributed by atoms with E-state index in [1.165, 1.54) is 0 Å². The van der Waals surface area contributed by atoms with E-state index in [4.69, 9.17) is 17.5 Å². The molecule has 0 spiro atoms. The number of rotatable bonds is 0. The van der Waals surface area contributed by atoms with Crippen molar-refractivity contribution in [1.82, 2.24) is 0 Å². The van der Waals surface area contributed by atoms with E-state index in [1.807, 2.05) is 0 Å². The van der Waals surface area contributed by atoms with E-state index in [0.29, 0.717) is 0 Å². The van der Waals surface area contributed by atoms with Crippen LogP contribution < -0.4 is 51.4 Å². The van der Waals surface area contributed by atoms with Crippen molar-refractivity contribution in [2.24, 2.45) is 0 Å². The van der Waals surface area contributed by atoms with Gasteiger partial charge in [-0.1, -0.05) is 0 Å². The molecule has 0 amide bonds. The summed E-state index contributed by atoms with van der Waals surface area (Å²) in [6, 6.07) is 0. The van der Waals surface area contributed by atoms with Gasteiger partial charge in [0.15, 0.2) is 0 Å². The van der Waals surface area contributed by atoms with Gasteiger partial charge in [-0.05, 0) is 0 Å². The van der Waals surface area contributed by atoms with Crippen LogP contribution in [0.4, 0.5) is 0 Å². The zero-order valence-electron chi connectivity index (χ0n) is 4.95. The first-order valence-corrected chi connectivity index (χ1v) is 2.00. The topological polar surface area (TPSA) is 175 Å². The van der Waals surface area contributed by atoms with Crippen LogP contribution in [-0.2, 0) is 27.8 Å². The SMILES string of the molecule is O.O.O.O=S(=O)([O-])[O-].[Cr+3].[K+]. The van der Waals surface area contributed by atoms with Crippen molar-refractivity contribution >= 4 is 10.4 Å². The molecule has 0 saturated carbocycles. The van der Waals surface area contributed by atoms with Crippen molar-refractivity contribution in [2.45, 2.75) is 0 Å². The Morgan fingerprint density at radius 3 is 0.900 bits per heavy atom. The van der Waals surface area contributed by atoms with Crippen molar-refractivity contribution < 1.29 is 103 Å². The van der Waals surface area contributed by atoms with Gasteiger partial charge in [0.2, 0.25) is 0 Å². The molecule has 10 heavy (non-hydrogen) atoms. The molecule has 0 atom stereocenters. The fraction of sp³-hybridized carbons (Fsp3) is 0. The molecule has 1 radical (unpaired) electrons. The maximum atomic E-state index is 8.52. The van der Waals surface area contributed by atoms with Gasteiger partial charge in [0.25, 0.3) is 0 Å². The predicted octanol–water partition coefficient (Wildman–Crippen LogP) is -6.81. The fourth-order valence-corrected chi connectivity index (χ4v) is 0. The van der Waals surface area contributed by atoms with Crippen LogP contribution in [0.1, 0.15) is 0 Å². The summed E-state index contributed by atoms with van der Waals surface area (Å²) in [7, 11) is -5.17. The molecule has 0 aromatic carbocycles. The number of hydrogen-bond acceptors (Lipinski definition) is 4. The summed E-state index contributed by atoms with van der Waals surface area (Å²) in [6.45, 7) is 0. The molecule has 0 heterocycles. The molecule has 0 aliphatic heterocycles. The van der Waals surface area contributed by atoms with E-state index < -0.39 is 10.4 Å². The van der Waals surface area contributed by atoms with E-state index in [9.17, 15) is 0 Å². The summed E-state index contributed by atoms with van der Waals surface area (Å²) in [4.78, 5) is 0. The van der Waals surface area contributed by atoms with Crippen LogP contribution in [0.3, 0.4) is 0 Å². The van der Waals surface area contributed by atoms with Crippen LogP contribution in [0.25, 0.3) is 0 Å². The molecular weight excluding hydrogens is 235 g/mol. The van der Waals surface area contributed by atoms with Crippen molar-refractivity contribution in [2.75, 3.05) is 0 Å². The normalized spacial score (nSPS) is 5.80. The van der Waals surface area contributed by atoms with Crippen LogP contribution in [0.5, 0.6) is 0 Å². The molecule has 6 N–H and O–H groups in total. The maximum absolute atomic E-state index is 8.52. The van der Waals surface area contributed by atoms with Gasteiger partial charge < -0.3 is 25.5 Å². The minimum atomic E-state index is -5.17. The molecule has 0 aromatic rings. The Morgan fingerprint density at radius 1 is 0.900 bits per heavy atom. The molecule has 0 saturated heterocycles. The zero-order valence-corrected chi connectivity index (χ0v) is 10.2. The first kappa shape index (κ1) is 40.6. The second-order valence-electron chi connectivity index (χ2n) is 0.408. The molecule has 0 fully saturated rings. The summed E-state index contributed by atoms with van der Waals surface area (Å²) in [5, 5.41) is 0. The predicted molar refractivity (Wildman–Crippen MR) is 21.3 cm³/mol. The van der Waals surface area contributed by atoms with Crippen molar-refractivity contribution in [3.63, 3.8) is 0 Å². The van der Waals surface area contributed by atoms with Gasteiger partial charge in [-0.15, -0.1) is 0 Å². The second-order valence-corrected chi connectivity index (χ2v) is 1.22. The Kier molecular flexibility index (Phi) is 69.5. The van der Waals surface area contributed by atoms with Crippen LogP contribution >= 0.6 is 0 Å². The Balaban J connectivity index is -0.00000000800. The molecule has 10 heteroatoms. The van der Waals surface area contributed by atoms with E-state index >= 15 is 0 Å². The Hall–Kier alpha value is 1.92. The summed E-state index contributed by atoms with van der Waals surface area (Å²) < 4.78 is 34.1. The quantitative estimate of drug-likeness (QED) is 0.233. The van der Waals surface area contributed by atoms with Crippen LogP contribution in [-0.4, -0.2) is 34.0 Å². The van der Waals surface area contributed by atoms with Crippen LogP contribution in [0.15, 0.2) is 0 Å². The largest absolute Gasteiger partial charge is 3.00 e. The third-order valence-electron chi connectivity index (χ3n) is 0.